The number of amidine groups is 1. The summed E-state index contributed by atoms with van der Waals surface area (Å²) in [5, 5.41) is 2.12. The lowest BCUT2D eigenvalue weighted by molar-refractivity contribution is -0.0979. The molecule has 4 nitrogen and oxygen atoms in total. The number of hydrogen-bond donors (Lipinski definition) is 1. The Balaban J connectivity index is 0. The summed E-state index contributed by atoms with van der Waals surface area (Å²) in [6.45, 7) is 16.3. The number of carbonyl (C=O) groups excluding carboxylic acids is 1. The molecular weight excluding hydrogens is 298 g/mol. The number of unbranched alkanes of at least 4 members (excludes halogenated alkanes) is 1. The Hall–Kier alpha value is -1.68. The lowest BCUT2D eigenvalue weighted by Gasteiger charge is -2.21. The lowest BCUT2D eigenvalue weighted by atomic mass is 10.1. The zero-order valence-corrected chi connectivity index (χ0v) is 16.8. The Bertz CT molecular complexity index is 458. The van der Waals surface area contributed by atoms with Crippen molar-refractivity contribution in [3.05, 3.63) is 34.9 Å². The molecule has 0 atom stereocenters. The second kappa shape index (κ2) is 16.2. The van der Waals surface area contributed by atoms with Crippen molar-refractivity contribution < 1.29 is 4.79 Å². The first kappa shape index (κ1) is 24.6. The second-order valence-corrected chi connectivity index (χ2v) is 5.41. The maximum absolute atomic E-state index is 8.00. The van der Waals surface area contributed by atoms with E-state index in [1.807, 2.05) is 20.6 Å². The maximum atomic E-state index is 8.00. The van der Waals surface area contributed by atoms with E-state index in [2.05, 4.69) is 68.4 Å². The third-order valence-corrected chi connectivity index (χ3v) is 3.43. The fraction of sp³-hybridized carbons (Fsp3) is 0.600. The highest BCUT2D eigenvalue weighted by Crippen LogP contribution is 2.11. The minimum Gasteiger partial charge on any atom is -0.307 e. The van der Waals surface area contributed by atoms with Crippen molar-refractivity contribution in [2.45, 2.75) is 67.3 Å². The van der Waals surface area contributed by atoms with E-state index in [4.69, 9.17) is 4.79 Å². The molecule has 0 aliphatic heterocycles. The van der Waals surface area contributed by atoms with Crippen LogP contribution >= 0.6 is 0 Å². The molecule has 0 saturated carbocycles. The van der Waals surface area contributed by atoms with Gasteiger partial charge in [0.25, 0.3) is 0 Å². The van der Waals surface area contributed by atoms with Crippen LogP contribution in [0.2, 0.25) is 0 Å². The van der Waals surface area contributed by atoms with Crippen molar-refractivity contribution >= 4 is 12.6 Å². The van der Waals surface area contributed by atoms with Crippen molar-refractivity contribution in [2.75, 3.05) is 13.6 Å². The van der Waals surface area contributed by atoms with Crippen molar-refractivity contribution in [3.8, 4) is 0 Å². The summed E-state index contributed by atoms with van der Waals surface area (Å²) in [6.07, 6.45) is 3.41. The Morgan fingerprint density at radius 3 is 2.29 bits per heavy atom. The van der Waals surface area contributed by atoms with E-state index in [0.29, 0.717) is 0 Å². The highest BCUT2D eigenvalue weighted by atomic mass is 16.1. The van der Waals surface area contributed by atoms with E-state index in [0.717, 1.165) is 25.3 Å². The third-order valence-electron chi connectivity index (χ3n) is 3.43. The number of benzene rings is 1. The lowest BCUT2D eigenvalue weighted by Crippen LogP contribution is -2.38. The van der Waals surface area contributed by atoms with Crippen LogP contribution < -0.4 is 5.43 Å². The molecule has 0 aliphatic carbocycles. The van der Waals surface area contributed by atoms with Crippen molar-refractivity contribution in [2.24, 2.45) is 4.99 Å². The molecule has 0 spiro atoms. The molecule has 1 aromatic carbocycles. The van der Waals surface area contributed by atoms with Gasteiger partial charge in [-0.2, -0.15) is 0 Å². The molecule has 4 heteroatoms. The van der Waals surface area contributed by atoms with Crippen LogP contribution in [0.1, 0.15) is 63.6 Å². The average Bonchev–Trinajstić information content (AvgIpc) is 2.60. The van der Waals surface area contributed by atoms with E-state index >= 15 is 0 Å². The molecule has 1 rings (SSSR count). The standard InChI is InChI=1S/C17H29N3.C2H6.CH2O/c1-6-8-9-17(18-7-2)19-20(5)13-16-11-10-14(3)15(4)12-16;2*1-2/h10-12H,6-9,13H2,1-5H3,(H,18,19);1-2H3;1H2. The van der Waals surface area contributed by atoms with Gasteiger partial charge in [0.2, 0.25) is 0 Å². The number of rotatable bonds is 7. The molecule has 1 N–H and O–H groups in total. The third kappa shape index (κ3) is 10.9. The first-order valence-electron chi connectivity index (χ1n) is 8.92. The average molecular weight is 336 g/mol. The summed E-state index contributed by atoms with van der Waals surface area (Å²) < 4.78 is 0. The Morgan fingerprint density at radius 1 is 1.17 bits per heavy atom. The molecule has 0 heterocycles. The fourth-order valence-corrected chi connectivity index (χ4v) is 2.14. The molecule has 138 valence electrons. The number of hydrazine groups is 1. The zero-order chi connectivity index (χ0) is 19.0. The molecule has 0 bridgehead atoms. The van der Waals surface area contributed by atoms with Crippen LogP contribution in [0.4, 0.5) is 0 Å². The molecule has 0 aliphatic rings. The summed E-state index contributed by atoms with van der Waals surface area (Å²) in [4.78, 5) is 12.5. The van der Waals surface area contributed by atoms with Gasteiger partial charge in [-0.15, -0.1) is 0 Å². The summed E-state index contributed by atoms with van der Waals surface area (Å²) in [5.74, 6) is 1.10. The van der Waals surface area contributed by atoms with Crippen LogP contribution in [-0.4, -0.2) is 31.2 Å². The van der Waals surface area contributed by atoms with Crippen molar-refractivity contribution in [1.29, 1.82) is 0 Å². The second-order valence-electron chi connectivity index (χ2n) is 5.41. The van der Waals surface area contributed by atoms with E-state index in [9.17, 15) is 0 Å². The highest BCUT2D eigenvalue weighted by Gasteiger charge is 2.04. The van der Waals surface area contributed by atoms with Gasteiger partial charge in [-0.05, 0) is 43.9 Å². The number of nitrogens with one attached hydrogen (secondary N) is 1. The van der Waals surface area contributed by atoms with E-state index in [1.54, 1.807) is 0 Å². The number of aliphatic imine (C=N–C) groups is 1. The smallest absolute Gasteiger partial charge is 0.111 e. The monoisotopic (exact) mass is 335 g/mol. The minimum atomic E-state index is 0.837. The van der Waals surface area contributed by atoms with E-state index < -0.39 is 0 Å². The van der Waals surface area contributed by atoms with Crippen molar-refractivity contribution in [3.63, 3.8) is 0 Å². The zero-order valence-electron chi connectivity index (χ0n) is 16.8. The largest absolute Gasteiger partial charge is 0.307 e. The van der Waals surface area contributed by atoms with Gasteiger partial charge in [-0.25, -0.2) is 5.01 Å². The molecule has 0 amide bonds. The SMILES string of the molecule is C=O.CC.CCCCC(=NCC)NN(C)Cc1ccc(C)c(C)c1. The molecule has 0 unspecified atom stereocenters. The molecule has 0 saturated heterocycles. The van der Waals surface area contributed by atoms with Crippen LogP contribution in [0.3, 0.4) is 0 Å². The quantitative estimate of drug-likeness (QED) is 0.446. The van der Waals surface area contributed by atoms with Gasteiger partial charge >= 0.3 is 0 Å². The van der Waals surface area contributed by atoms with E-state index in [1.165, 1.54) is 29.5 Å². The summed E-state index contributed by atoms with van der Waals surface area (Å²) in [5.41, 5.74) is 7.45. The molecular formula is C20H37N3O. The maximum Gasteiger partial charge on any atom is 0.111 e. The van der Waals surface area contributed by atoms with Crippen LogP contribution in [0.25, 0.3) is 0 Å². The van der Waals surface area contributed by atoms with Crippen LogP contribution in [-0.2, 0) is 11.3 Å². The number of nitrogens with zero attached hydrogens (tertiary/aromatic N) is 2. The van der Waals surface area contributed by atoms with Gasteiger partial charge in [-0.1, -0.05) is 45.4 Å². The molecule has 0 aromatic heterocycles. The van der Waals surface area contributed by atoms with Gasteiger partial charge < -0.3 is 10.2 Å². The fourth-order valence-electron chi connectivity index (χ4n) is 2.14. The summed E-state index contributed by atoms with van der Waals surface area (Å²) in [7, 11) is 2.08. The number of carbonyl (C=O) groups is 1. The summed E-state index contributed by atoms with van der Waals surface area (Å²) in [6, 6.07) is 6.65. The molecule has 0 radical (unpaired) electrons. The van der Waals surface area contributed by atoms with Gasteiger partial charge in [0.15, 0.2) is 0 Å². The van der Waals surface area contributed by atoms with E-state index in [-0.39, 0.29) is 0 Å². The predicted molar refractivity (Wildman–Crippen MR) is 106 cm³/mol. The Morgan fingerprint density at radius 2 is 1.79 bits per heavy atom. The Kier molecular flexibility index (Phi) is 16.6. The topological polar surface area (TPSA) is 44.7 Å². The first-order chi connectivity index (χ1) is 11.6. The summed E-state index contributed by atoms with van der Waals surface area (Å²) >= 11 is 0. The normalized spacial score (nSPS) is 10.4. The highest BCUT2D eigenvalue weighted by molar-refractivity contribution is 5.81. The van der Waals surface area contributed by atoms with Crippen molar-refractivity contribution in [1.82, 2.24) is 10.4 Å². The minimum absolute atomic E-state index is 0.837. The van der Waals surface area contributed by atoms with Crippen LogP contribution in [0, 0.1) is 13.8 Å². The molecule has 0 fully saturated rings. The van der Waals surface area contributed by atoms with Gasteiger partial charge in [0.1, 0.15) is 12.6 Å². The first-order valence-corrected chi connectivity index (χ1v) is 8.92. The molecule has 1 aromatic rings. The number of hydrogen-bond acceptors (Lipinski definition) is 3. The Labute approximate surface area is 149 Å². The van der Waals surface area contributed by atoms with Gasteiger partial charge in [0.05, 0.1) is 0 Å². The van der Waals surface area contributed by atoms with Gasteiger partial charge in [-0.3, -0.25) is 4.99 Å². The molecule has 24 heavy (non-hydrogen) atoms. The predicted octanol–water partition coefficient (Wildman–Crippen LogP) is 4.69. The number of aryl methyl sites for hydroxylation is 2. The van der Waals surface area contributed by atoms with Crippen LogP contribution in [0.5, 0.6) is 0 Å². The van der Waals surface area contributed by atoms with Crippen LogP contribution in [0.15, 0.2) is 23.2 Å². The van der Waals surface area contributed by atoms with Gasteiger partial charge in [0, 0.05) is 26.6 Å².